The maximum atomic E-state index is 11.9. The molecule has 0 amide bonds. The molecule has 0 radical (unpaired) electrons. The van der Waals surface area contributed by atoms with Crippen molar-refractivity contribution < 1.29 is 16.8 Å². The van der Waals surface area contributed by atoms with Crippen molar-refractivity contribution in [2.75, 3.05) is 18.2 Å². The summed E-state index contributed by atoms with van der Waals surface area (Å²) < 4.78 is 47.6. The molecule has 0 spiro atoms. The van der Waals surface area contributed by atoms with Gasteiger partial charge in [-0.3, -0.25) is 0 Å². The van der Waals surface area contributed by atoms with Gasteiger partial charge in [0.15, 0.2) is 0 Å². The van der Waals surface area contributed by atoms with Crippen LogP contribution in [0.2, 0.25) is 0 Å². The van der Waals surface area contributed by atoms with Gasteiger partial charge in [-0.15, -0.1) is 11.6 Å². The lowest BCUT2D eigenvalue weighted by atomic mass is 10.2. The Morgan fingerprint density at radius 2 is 1.70 bits per heavy atom. The van der Waals surface area contributed by atoms with Gasteiger partial charge in [-0.1, -0.05) is 12.1 Å². The van der Waals surface area contributed by atoms with Gasteiger partial charge < -0.3 is 0 Å². The number of benzene rings is 1. The van der Waals surface area contributed by atoms with Crippen molar-refractivity contribution in [2.24, 2.45) is 5.14 Å². The maximum Gasteiger partial charge on any atom is 0.240 e. The van der Waals surface area contributed by atoms with Crippen molar-refractivity contribution in [3.63, 3.8) is 0 Å². The average molecular weight is 341 g/mol. The predicted octanol–water partition coefficient (Wildman–Crippen LogP) is 0.425. The summed E-state index contributed by atoms with van der Waals surface area (Å²) in [5, 5.41) is 4.83. The molecule has 1 rings (SSSR count). The molecule has 0 aromatic heterocycles. The summed E-state index contributed by atoms with van der Waals surface area (Å²) in [6, 6.07) is 6.37. The minimum Gasteiger partial charge on any atom is -0.229 e. The Hall–Kier alpha value is -0.670. The van der Waals surface area contributed by atoms with E-state index in [1.165, 1.54) is 12.1 Å². The summed E-state index contributed by atoms with van der Waals surface area (Å²) in [5.41, 5.74) is 0.952. The number of nitrogens with two attached hydrogens (primary N) is 1. The number of rotatable bonds is 8. The second-order valence-electron chi connectivity index (χ2n) is 4.20. The highest BCUT2D eigenvalue weighted by atomic mass is 35.5. The van der Waals surface area contributed by atoms with E-state index in [0.29, 0.717) is 12.3 Å². The molecule has 0 heterocycles. The average Bonchev–Trinajstić information content (AvgIpc) is 2.35. The summed E-state index contributed by atoms with van der Waals surface area (Å²) in [4.78, 5) is 0.131. The smallest absolute Gasteiger partial charge is 0.229 e. The number of hydrogen-bond acceptors (Lipinski definition) is 4. The zero-order valence-electron chi connectivity index (χ0n) is 10.7. The highest BCUT2D eigenvalue weighted by Crippen LogP contribution is 2.11. The van der Waals surface area contributed by atoms with E-state index in [1.54, 1.807) is 12.1 Å². The van der Waals surface area contributed by atoms with Crippen LogP contribution in [0.25, 0.3) is 0 Å². The molecule has 20 heavy (non-hydrogen) atoms. The zero-order valence-corrected chi connectivity index (χ0v) is 13.1. The fraction of sp³-hybridized carbons (Fsp3) is 0.455. The summed E-state index contributed by atoms with van der Waals surface area (Å²) in [7, 11) is -7.19. The van der Waals surface area contributed by atoms with E-state index in [2.05, 4.69) is 4.72 Å². The zero-order chi connectivity index (χ0) is 15.2. The van der Waals surface area contributed by atoms with Gasteiger partial charge in [0.05, 0.1) is 10.6 Å². The predicted molar refractivity (Wildman–Crippen MR) is 78.6 cm³/mol. The Morgan fingerprint density at radius 1 is 1.10 bits per heavy atom. The molecule has 0 aliphatic rings. The summed E-state index contributed by atoms with van der Waals surface area (Å²) >= 11 is 5.60. The number of sulfonamides is 2. The Labute approximate surface area is 124 Å². The molecule has 0 saturated carbocycles. The van der Waals surface area contributed by atoms with E-state index in [0.717, 1.165) is 5.56 Å². The van der Waals surface area contributed by atoms with Gasteiger partial charge in [-0.25, -0.2) is 26.7 Å². The van der Waals surface area contributed by atoms with Crippen molar-refractivity contribution in [2.45, 2.75) is 17.7 Å². The van der Waals surface area contributed by atoms with E-state index in [-0.39, 0.29) is 23.6 Å². The molecule has 0 saturated heterocycles. The number of halogens is 1. The number of hydrogen-bond donors (Lipinski definition) is 2. The standard InChI is InChI=1S/C11H17ClN2O4S2/c12-7-6-10-2-4-11(5-3-10)20(17,18)14-8-1-9-19(13,15)16/h2-5,14H,1,6-9H2,(H2,13,15,16). The quantitative estimate of drug-likeness (QED) is 0.528. The van der Waals surface area contributed by atoms with Crippen LogP contribution >= 0.6 is 11.6 Å². The maximum absolute atomic E-state index is 11.9. The van der Waals surface area contributed by atoms with E-state index in [4.69, 9.17) is 16.7 Å². The molecule has 0 aliphatic carbocycles. The van der Waals surface area contributed by atoms with Gasteiger partial charge >= 0.3 is 0 Å². The number of nitrogens with one attached hydrogen (secondary N) is 1. The van der Waals surface area contributed by atoms with Gasteiger partial charge in [0.2, 0.25) is 20.0 Å². The molecule has 0 fully saturated rings. The van der Waals surface area contributed by atoms with Crippen LogP contribution in [0.4, 0.5) is 0 Å². The summed E-state index contributed by atoms with van der Waals surface area (Å²) in [5.74, 6) is 0.210. The van der Waals surface area contributed by atoms with Gasteiger partial charge in [0, 0.05) is 12.4 Å². The van der Waals surface area contributed by atoms with E-state index >= 15 is 0 Å². The first-order valence-electron chi connectivity index (χ1n) is 5.90. The molecule has 0 unspecified atom stereocenters. The first kappa shape index (κ1) is 17.4. The van der Waals surface area contributed by atoms with Crippen LogP contribution in [0.15, 0.2) is 29.2 Å². The third kappa shape index (κ3) is 6.19. The van der Waals surface area contributed by atoms with Crippen molar-refractivity contribution >= 4 is 31.6 Å². The Morgan fingerprint density at radius 3 is 2.20 bits per heavy atom. The van der Waals surface area contributed by atoms with Gasteiger partial charge in [0.25, 0.3) is 0 Å². The molecule has 3 N–H and O–H groups in total. The lowest BCUT2D eigenvalue weighted by Crippen LogP contribution is -2.27. The normalized spacial score (nSPS) is 12.5. The van der Waals surface area contributed by atoms with Crippen LogP contribution in [0.3, 0.4) is 0 Å². The molecule has 6 nitrogen and oxygen atoms in total. The minimum atomic E-state index is -3.63. The van der Waals surface area contributed by atoms with E-state index in [9.17, 15) is 16.8 Å². The van der Waals surface area contributed by atoms with Crippen molar-refractivity contribution in [3.8, 4) is 0 Å². The van der Waals surface area contributed by atoms with Crippen LogP contribution < -0.4 is 9.86 Å². The Kier molecular flexibility index (Phi) is 6.41. The van der Waals surface area contributed by atoms with Crippen molar-refractivity contribution in [1.29, 1.82) is 0 Å². The third-order valence-corrected chi connectivity index (χ3v) is 5.04. The molecule has 0 aliphatic heterocycles. The van der Waals surface area contributed by atoms with Crippen LogP contribution in [0, 0.1) is 0 Å². The molecule has 9 heteroatoms. The van der Waals surface area contributed by atoms with Crippen molar-refractivity contribution in [3.05, 3.63) is 29.8 Å². The van der Waals surface area contributed by atoms with Gasteiger partial charge in [-0.2, -0.15) is 0 Å². The number of alkyl halides is 1. The topological polar surface area (TPSA) is 106 Å². The molecule has 1 aromatic carbocycles. The van der Waals surface area contributed by atoms with Gasteiger partial charge in [-0.05, 0) is 30.5 Å². The third-order valence-electron chi connectivity index (χ3n) is 2.51. The first-order valence-corrected chi connectivity index (χ1v) is 9.63. The summed E-state index contributed by atoms with van der Waals surface area (Å²) in [6.07, 6.45) is 0.798. The monoisotopic (exact) mass is 340 g/mol. The molecular formula is C11H17ClN2O4S2. The summed E-state index contributed by atoms with van der Waals surface area (Å²) in [6.45, 7) is 0.0161. The van der Waals surface area contributed by atoms with Crippen LogP contribution in [-0.2, 0) is 26.5 Å². The van der Waals surface area contributed by atoms with Crippen LogP contribution in [0.1, 0.15) is 12.0 Å². The van der Waals surface area contributed by atoms with E-state index in [1.807, 2.05) is 0 Å². The second-order valence-corrected chi connectivity index (χ2v) is 8.08. The Balaban J connectivity index is 2.60. The Bertz CT molecular complexity index is 627. The highest BCUT2D eigenvalue weighted by molar-refractivity contribution is 7.89. The van der Waals surface area contributed by atoms with Gasteiger partial charge in [0.1, 0.15) is 0 Å². The molecule has 1 aromatic rings. The largest absolute Gasteiger partial charge is 0.240 e. The second kappa shape index (κ2) is 7.37. The van der Waals surface area contributed by atoms with Crippen LogP contribution in [0.5, 0.6) is 0 Å². The lowest BCUT2D eigenvalue weighted by Gasteiger charge is -2.07. The number of aryl methyl sites for hydroxylation is 1. The minimum absolute atomic E-state index is 0.0161. The molecule has 0 bridgehead atoms. The fourth-order valence-electron chi connectivity index (χ4n) is 1.51. The molecule has 114 valence electrons. The van der Waals surface area contributed by atoms with E-state index < -0.39 is 20.0 Å². The fourth-order valence-corrected chi connectivity index (χ4v) is 3.35. The van der Waals surface area contributed by atoms with Crippen LogP contribution in [-0.4, -0.2) is 35.0 Å². The number of primary sulfonamides is 1. The lowest BCUT2D eigenvalue weighted by molar-refractivity contribution is 0.576. The van der Waals surface area contributed by atoms with Crippen molar-refractivity contribution in [1.82, 2.24) is 4.72 Å². The molecule has 0 atom stereocenters. The first-order chi connectivity index (χ1) is 9.24. The molecular weight excluding hydrogens is 324 g/mol. The SMILES string of the molecule is NS(=O)(=O)CCCNS(=O)(=O)c1ccc(CCCl)cc1. The highest BCUT2D eigenvalue weighted by Gasteiger charge is 2.13.